The summed E-state index contributed by atoms with van der Waals surface area (Å²) in [4.78, 5) is 5.32. The molecule has 2 heteroatoms. The molecule has 0 aromatic carbocycles. The fourth-order valence-corrected chi connectivity index (χ4v) is 5.63. The molecule has 0 radical (unpaired) electrons. The highest BCUT2D eigenvalue weighted by Crippen LogP contribution is 2.23. The molecule has 1 heterocycles. The highest BCUT2D eigenvalue weighted by Gasteiger charge is 2.24. The molecule has 35 heavy (non-hydrogen) atoms. The zero-order chi connectivity index (χ0) is 25.2. The molecule has 208 valence electrons. The van der Waals surface area contributed by atoms with Crippen LogP contribution in [0.3, 0.4) is 0 Å². The molecule has 1 unspecified atom stereocenters. The van der Waals surface area contributed by atoms with E-state index < -0.39 is 0 Å². The summed E-state index contributed by atoms with van der Waals surface area (Å²) in [5, 5.41) is 0. The Morgan fingerprint density at radius 3 is 1.09 bits per heavy atom. The van der Waals surface area contributed by atoms with E-state index in [2.05, 4.69) is 43.0 Å². The van der Waals surface area contributed by atoms with E-state index in [1.54, 1.807) is 0 Å². The zero-order valence-corrected chi connectivity index (χ0v) is 24.7. The highest BCUT2D eigenvalue weighted by atomic mass is 15.4. The maximum atomic E-state index is 2.67. The second-order valence-electron chi connectivity index (χ2n) is 11.5. The molecule has 1 aliphatic heterocycles. The second kappa shape index (κ2) is 25.0. The third kappa shape index (κ3) is 18.3. The van der Waals surface area contributed by atoms with Gasteiger partial charge < -0.3 is 9.80 Å². The fourth-order valence-electron chi connectivity index (χ4n) is 5.63. The molecule has 1 rings (SSSR count). The Hall–Kier alpha value is -0.660. The van der Waals surface area contributed by atoms with Crippen LogP contribution >= 0.6 is 0 Å². The van der Waals surface area contributed by atoms with Gasteiger partial charge in [0, 0.05) is 25.5 Å². The van der Waals surface area contributed by atoms with E-state index in [0.29, 0.717) is 6.17 Å². The molecular weight excluding hydrogens is 424 g/mol. The Labute approximate surface area is 222 Å². The van der Waals surface area contributed by atoms with Gasteiger partial charge in [-0.1, -0.05) is 156 Å². The molecule has 1 aliphatic rings. The van der Waals surface area contributed by atoms with Crippen molar-refractivity contribution >= 4 is 0 Å². The molecule has 0 aliphatic carbocycles. The Bertz CT molecular complexity index is 446. The van der Waals surface area contributed by atoms with Crippen LogP contribution in [0.25, 0.3) is 0 Å². The number of rotatable bonds is 27. The molecular formula is C33H66N2. The summed E-state index contributed by atoms with van der Waals surface area (Å²) in [7, 11) is 0. The highest BCUT2D eigenvalue weighted by molar-refractivity contribution is 4.96. The first-order chi connectivity index (χ1) is 17.3. The van der Waals surface area contributed by atoms with Gasteiger partial charge >= 0.3 is 0 Å². The Morgan fingerprint density at radius 1 is 0.371 bits per heavy atom. The summed E-state index contributed by atoms with van der Waals surface area (Å²) in [6.45, 7) is 9.43. The lowest BCUT2D eigenvalue weighted by atomic mass is 10.0. The van der Waals surface area contributed by atoms with E-state index in [1.165, 1.54) is 174 Å². The molecule has 0 spiro atoms. The van der Waals surface area contributed by atoms with Crippen molar-refractivity contribution in [2.45, 2.75) is 187 Å². The lowest BCUT2D eigenvalue weighted by Gasteiger charge is -2.33. The summed E-state index contributed by atoms with van der Waals surface area (Å²) in [5.41, 5.74) is 0. The van der Waals surface area contributed by atoms with Crippen LogP contribution in [0.2, 0.25) is 0 Å². The third-order valence-corrected chi connectivity index (χ3v) is 8.07. The normalized spacial score (nSPS) is 15.6. The van der Waals surface area contributed by atoms with Crippen molar-refractivity contribution in [3.63, 3.8) is 0 Å². The van der Waals surface area contributed by atoms with Crippen LogP contribution in [-0.4, -0.2) is 29.1 Å². The number of hydrogen-bond donors (Lipinski definition) is 0. The summed E-state index contributed by atoms with van der Waals surface area (Å²) in [6, 6.07) is 0. The first-order valence-corrected chi connectivity index (χ1v) is 16.5. The summed E-state index contributed by atoms with van der Waals surface area (Å²) in [5.74, 6) is 0. The van der Waals surface area contributed by atoms with Crippen molar-refractivity contribution in [3.05, 3.63) is 12.4 Å². The number of unbranched alkanes of at least 4 members (excludes halogenated alkanes) is 21. The smallest absolute Gasteiger partial charge is 0.101 e. The van der Waals surface area contributed by atoms with E-state index in [-0.39, 0.29) is 0 Å². The monoisotopic (exact) mass is 491 g/mol. The molecule has 0 aromatic heterocycles. The minimum atomic E-state index is 0.642. The Balaban J connectivity index is 2.05. The van der Waals surface area contributed by atoms with Crippen molar-refractivity contribution in [1.29, 1.82) is 0 Å². The molecule has 0 saturated heterocycles. The SMILES string of the molecule is CCCCCCCCCCCCCCCCCC1N(CCCC)C=CN1CCCCCCCCC. The Kier molecular flexibility index (Phi) is 23.1. The maximum absolute atomic E-state index is 2.67. The molecule has 0 fully saturated rings. The van der Waals surface area contributed by atoms with Crippen LogP contribution in [0.15, 0.2) is 12.4 Å². The fraction of sp³-hybridized carbons (Fsp3) is 0.939. The maximum Gasteiger partial charge on any atom is 0.101 e. The lowest BCUT2D eigenvalue weighted by molar-refractivity contribution is 0.136. The standard InChI is InChI=1S/C33H66N2/c1-4-7-10-12-14-15-16-17-18-19-20-21-22-24-26-28-33-34(29-9-6-3)31-32-35(33)30-27-25-23-13-11-8-5-2/h31-33H,4-30H2,1-3H3. The predicted molar refractivity (Wildman–Crippen MR) is 159 cm³/mol. The van der Waals surface area contributed by atoms with Gasteiger partial charge in [-0.05, 0) is 25.7 Å². The number of nitrogens with zero attached hydrogens (tertiary/aromatic N) is 2. The van der Waals surface area contributed by atoms with Crippen molar-refractivity contribution in [2.24, 2.45) is 0 Å². The van der Waals surface area contributed by atoms with Crippen LogP contribution in [0.1, 0.15) is 181 Å². The van der Waals surface area contributed by atoms with Gasteiger partial charge in [-0.2, -0.15) is 0 Å². The summed E-state index contributed by atoms with van der Waals surface area (Å²) in [6.07, 6.45) is 41.1. The topological polar surface area (TPSA) is 6.48 Å². The van der Waals surface area contributed by atoms with Gasteiger partial charge in [0.15, 0.2) is 0 Å². The average Bonchev–Trinajstić information content (AvgIpc) is 3.25. The van der Waals surface area contributed by atoms with Crippen molar-refractivity contribution in [3.8, 4) is 0 Å². The molecule has 0 aromatic rings. The third-order valence-electron chi connectivity index (χ3n) is 8.07. The molecule has 0 saturated carbocycles. The second-order valence-corrected chi connectivity index (χ2v) is 11.5. The van der Waals surface area contributed by atoms with Gasteiger partial charge in [-0.15, -0.1) is 0 Å². The Morgan fingerprint density at radius 2 is 0.686 bits per heavy atom. The minimum absolute atomic E-state index is 0.642. The van der Waals surface area contributed by atoms with E-state index in [4.69, 9.17) is 0 Å². The van der Waals surface area contributed by atoms with Crippen LogP contribution in [-0.2, 0) is 0 Å². The van der Waals surface area contributed by atoms with E-state index in [1.807, 2.05) is 0 Å². The minimum Gasteiger partial charge on any atom is -0.356 e. The summed E-state index contributed by atoms with van der Waals surface area (Å²) < 4.78 is 0. The summed E-state index contributed by atoms with van der Waals surface area (Å²) >= 11 is 0. The molecule has 0 bridgehead atoms. The lowest BCUT2D eigenvalue weighted by Crippen LogP contribution is -2.39. The number of hydrogen-bond acceptors (Lipinski definition) is 2. The van der Waals surface area contributed by atoms with Gasteiger partial charge in [0.1, 0.15) is 6.17 Å². The molecule has 0 N–H and O–H groups in total. The zero-order valence-electron chi connectivity index (χ0n) is 24.7. The largest absolute Gasteiger partial charge is 0.356 e. The average molecular weight is 491 g/mol. The van der Waals surface area contributed by atoms with Gasteiger partial charge in [0.05, 0.1) is 0 Å². The van der Waals surface area contributed by atoms with Gasteiger partial charge in [0.25, 0.3) is 0 Å². The van der Waals surface area contributed by atoms with Crippen LogP contribution in [0.5, 0.6) is 0 Å². The van der Waals surface area contributed by atoms with Gasteiger partial charge in [-0.25, -0.2) is 0 Å². The van der Waals surface area contributed by atoms with Crippen LogP contribution in [0, 0.1) is 0 Å². The van der Waals surface area contributed by atoms with Crippen LogP contribution < -0.4 is 0 Å². The molecule has 2 nitrogen and oxygen atoms in total. The van der Waals surface area contributed by atoms with Crippen LogP contribution in [0.4, 0.5) is 0 Å². The van der Waals surface area contributed by atoms with Crippen molar-refractivity contribution in [2.75, 3.05) is 13.1 Å². The first-order valence-electron chi connectivity index (χ1n) is 16.5. The van der Waals surface area contributed by atoms with Gasteiger partial charge in [-0.3, -0.25) is 0 Å². The van der Waals surface area contributed by atoms with E-state index in [9.17, 15) is 0 Å². The first kappa shape index (κ1) is 32.4. The molecule has 1 atom stereocenters. The molecule has 0 amide bonds. The van der Waals surface area contributed by atoms with Crippen molar-refractivity contribution in [1.82, 2.24) is 9.80 Å². The predicted octanol–water partition coefficient (Wildman–Crippen LogP) is 11.2. The van der Waals surface area contributed by atoms with E-state index >= 15 is 0 Å². The van der Waals surface area contributed by atoms with Crippen molar-refractivity contribution < 1.29 is 0 Å². The quantitative estimate of drug-likeness (QED) is 0.106. The van der Waals surface area contributed by atoms with E-state index in [0.717, 1.165) is 0 Å². The van der Waals surface area contributed by atoms with Gasteiger partial charge in [0.2, 0.25) is 0 Å².